The summed E-state index contributed by atoms with van der Waals surface area (Å²) >= 11 is 0. The third-order valence-corrected chi connectivity index (χ3v) is 6.54. The van der Waals surface area contributed by atoms with E-state index in [2.05, 4.69) is 0 Å². The molecule has 0 saturated carbocycles. The van der Waals surface area contributed by atoms with Gasteiger partial charge in [-0.15, -0.1) is 0 Å². The van der Waals surface area contributed by atoms with E-state index in [1.54, 1.807) is 37.4 Å². The van der Waals surface area contributed by atoms with Crippen LogP contribution in [0.1, 0.15) is 23.5 Å². The molecule has 2 aliphatic heterocycles. The van der Waals surface area contributed by atoms with Crippen LogP contribution in [0.4, 0.5) is 0 Å². The summed E-state index contributed by atoms with van der Waals surface area (Å²) in [5.74, 6) is 1.71. The van der Waals surface area contributed by atoms with Crippen LogP contribution in [0.3, 0.4) is 0 Å². The number of rotatable bonds is 4. The summed E-state index contributed by atoms with van der Waals surface area (Å²) in [5, 5.41) is 0.282. The molecule has 182 valence electrons. The monoisotopic (exact) mass is 486 g/mol. The minimum Gasteiger partial charge on any atom is -0.497 e. The Morgan fingerprint density at radius 2 is 1.64 bits per heavy atom. The molecule has 3 aromatic carbocycles. The Labute approximate surface area is 205 Å². The molecule has 6 rings (SSSR count). The highest BCUT2D eigenvalue weighted by Crippen LogP contribution is 2.47. The predicted molar refractivity (Wildman–Crippen MR) is 131 cm³/mol. The van der Waals surface area contributed by atoms with E-state index in [1.807, 2.05) is 18.2 Å². The lowest BCUT2D eigenvalue weighted by atomic mass is 9.84. The smallest absolute Gasteiger partial charge is 0.312 e. The second-order valence-corrected chi connectivity index (χ2v) is 8.54. The fourth-order valence-electron chi connectivity index (χ4n) is 4.81. The first-order valence-electron chi connectivity index (χ1n) is 11.5. The first kappa shape index (κ1) is 22.0. The number of ether oxygens (including phenoxy) is 5. The molecule has 8 nitrogen and oxygen atoms in total. The van der Waals surface area contributed by atoms with E-state index in [0.717, 1.165) is 5.56 Å². The second-order valence-electron chi connectivity index (χ2n) is 8.54. The Morgan fingerprint density at radius 1 is 0.861 bits per heavy atom. The minimum atomic E-state index is -0.416. The Hall–Kier alpha value is -4.46. The average Bonchev–Trinajstić information content (AvgIpc) is 2.92. The van der Waals surface area contributed by atoms with Gasteiger partial charge in [-0.3, -0.25) is 9.59 Å². The molecule has 36 heavy (non-hydrogen) atoms. The first-order chi connectivity index (χ1) is 17.6. The van der Waals surface area contributed by atoms with Gasteiger partial charge in [-0.2, -0.15) is 0 Å². The van der Waals surface area contributed by atoms with E-state index < -0.39 is 5.92 Å². The van der Waals surface area contributed by atoms with Crippen molar-refractivity contribution in [2.75, 3.05) is 27.4 Å². The maximum absolute atomic E-state index is 13.7. The molecule has 0 bridgehead atoms. The number of hydrogen-bond donors (Lipinski definition) is 0. The zero-order valence-corrected chi connectivity index (χ0v) is 19.7. The van der Waals surface area contributed by atoms with Crippen molar-refractivity contribution in [3.05, 3.63) is 76.1 Å². The van der Waals surface area contributed by atoms with Crippen molar-refractivity contribution in [2.24, 2.45) is 0 Å². The summed E-state index contributed by atoms with van der Waals surface area (Å²) in [6.07, 6.45) is 1.52. The predicted octanol–water partition coefficient (Wildman–Crippen LogP) is 4.69. The van der Waals surface area contributed by atoms with Crippen LogP contribution in [0.2, 0.25) is 0 Å². The fraction of sp³-hybridized carbons (Fsp3) is 0.214. The van der Waals surface area contributed by atoms with E-state index >= 15 is 0 Å². The first-order valence-corrected chi connectivity index (χ1v) is 11.5. The van der Waals surface area contributed by atoms with Gasteiger partial charge in [0, 0.05) is 17.5 Å². The normalized spacial score (nSPS) is 16.3. The number of fused-ring (bicyclic) bond motifs is 4. The molecular weight excluding hydrogens is 464 g/mol. The average molecular weight is 486 g/mol. The number of carbonyl (C=O) groups excluding carboxylic acids is 1. The van der Waals surface area contributed by atoms with Crippen LogP contribution in [0.5, 0.6) is 28.7 Å². The molecule has 0 amide bonds. The number of hydrogen-bond acceptors (Lipinski definition) is 8. The number of carbonyl (C=O) groups is 1. The van der Waals surface area contributed by atoms with Crippen LogP contribution in [0, 0.1) is 0 Å². The highest BCUT2D eigenvalue weighted by molar-refractivity contribution is 5.94. The van der Waals surface area contributed by atoms with Crippen LogP contribution >= 0.6 is 0 Å². The molecule has 3 heterocycles. The summed E-state index contributed by atoms with van der Waals surface area (Å²) in [5.41, 5.74) is 2.57. The molecule has 0 saturated heterocycles. The number of esters is 1. The molecule has 1 unspecified atom stereocenters. The molecule has 4 aromatic rings. The van der Waals surface area contributed by atoms with Crippen LogP contribution in [0.15, 0.2) is 64.0 Å². The zero-order valence-electron chi connectivity index (χ0n) is 19.7. The second kappa shape index (κ2) is 8.64. The van der Waals surface area contributed by atoms with Gasteiger partial charge in [0.05, 0.1) is 26.2 Å². The Kier molecular flexibility index (Phi) is 5.29. The van der Waals surface area contributed by atoms with Gasteiger partial charge >= 0.3 is 5.97 Å². The largest absolute Gasteiger partial charge is 0.497 e. The van der Waals surface area contributed by atoms with Gasteiger partial charge in [-0.1, -0.05) is 18.2 Å². The Balaban J connectivity index is 1.56. The topological polar surface area (TPSA) is 93.4 Å². The maximum Gasteiger partial charge on any atom is 0.312 e. The van der Waals surface area contributed by atoms with Crippen molar-refractivity contribution in [3.63, 3.8) is 0 Å². The van der Waals surface area contributed by atoms with Crippen molar-refractivity contribution in [3.8, 4) is 39.9 Å². The van der Waals surface area contributed by atoms with Crippen molar-refractivity contribution < 1.29 is 32.9 Å². The molecule has 8 heteroatoms. The minimum absolute atomic E-state index is 0.0814. The number of methoxy groups -OCH3 is 2. The van der Waals surface area contributed by atoms with Crippen molar-refractivity contribution in [2.45, 2.75) is 12.3 Å². The molecule has 0 N–H and O–H groups in total. The highest BCUT2D eigenvalue weighted by atomic mass is 16.6. The molecule has 0 fully saturated rings. The molecule has 0 spiro atoms. The van der Waals surface area contributed by atoms with Crippen molar-refractivity contribution in [1.82, 2.24) is 0 Å². The van der Waals surface area contributed by atoms with E-state index in [1.165, 1.54) is 13.4 Å². The standard InChI is InChI=1S/C28H22O8/c1-31-17-6-3-15(4-7-17)19-14-35-28-25-18(16-5-8-20-21(11-16)34-10-9-33-20)12-24(29)36-23(25)13-22(32-2)26(28)27(19)30/h3-8,11,13-14,18H,9-10,12H2,1-2H3. The molecule has 2 aliphatic rings. The van der Waals surface area contributed by atoms with Gasteiger partial charge in [0.1, 0.15) is 47.7 Å². The van der Waals surface area contributed by atoms with E-state index in [-0.39, 0.29) is 29.0 Å². The Morgan fingerprint density at radius 3 is 2.39 bits per heavy atom. The van der Waals surface area contributed by atoms with Crippen LogP contribution in [-0.4, -0.2) is 33.4 Å². The number of benzene rings is 3. The maximum atomic E-state index is 13.7. The molecule has 1 aromatic heterocycles. The summed E-state index contributed by atoms with van der Waals surface area (Å²) < 4.78 is 33.9. The molecule has 0 aliphatic carbocycles. The fourth-order valence-corrected chi connectivity index (χ4v) is 4.81. The van der Waals surface area contributed by atoms with Gasteiger partial charge in [-0.05, 0) is 35.4 Å². The lowest BCUT2D eigenvalue weighted by Crippen LogP contribution is -2.23. The third-order valence-electron chi connectivity index (χ3n) is 6.54. The molecule has 1 atom stereocenters. The van der Waals surface area contributed by atoms with Crippen LogP contribution in [0.25, 0.3) is 22.1 Å². The summed E-state index contributed by atoms with van der Waals surface area (Å²) in [4.78, 5) is 26.3. The van der Waals surface area contributed by atoms with Gasteiger partial charge in [0.25, 0.3) is 0 Å². The summed E-state index contributed by atoms with van der Waals surface area (Å²) in [6.45, 7) is 0.930. The van der Waals surface area contributed by atoms with E-state index in [9.17, 15) is 9.59 Å². The molecule has 0 radical (unpaired) electrons. The van der Waals surface area contributed by atoms with E-state index in [0.29, 0.717) is 58.5 Å². The highest BCUT2D eigenvalue weighted by Gasteiger charge is 2.34. The molecular formula is C28H22O8. The quantitative estimate of drug-likeness (QED) is 0.303. The van der Waals surface area contributed by atoms with Crippen molar-refractivity contribution in [1.29, 1.82) is 0 Å². The lowest BCUT2D eigenvalue weighted by Gasteiger charge is -2.27. The van der Waals surface area contributed by atoms with Gasteiger partial charge in [0.2, 0.25) is 5.43 Å². The van der Waals surface area contributed by atoms with Crippen molar-refractivity contribution >= 4 is 16.9 Å². The lowest BCUT2D eigenvalue weighted by molar-refractivity contribution is -0.135. The van der Waals surface area contributed by atoms with Gasteiger partial charge in [0.15, 0.2) is 11.5 Å². The SMILES string of the molecule is COc1ccc(-c2coc3c4c(cc(OC)c3c2=O)OC(=O)CC4c2ccc3c(c2)OCCO3)cc1. The zero-order chi connectivity index (χ0) is 24.8. The Bertz CT molecular complexity index is 1550. The van der Waals surface area contributed by atoms with Crippen LogP contribution in [-0.2, 0) is 4.79 Å². The van der Waals surface area contributed by atoms with Crippen LogP contribution < -0.4 is 29.1 Å². The summed E-state index contributed by atoms with van der Waals surface area (Å²) in [6, 6.07) is 14.3. The van der Waals surface area contributed by atoms with Gasteiger partial charge in [-0.25, -0.2) is 0 Å². The summed E-state index contributed by atoms with van der Waals surface area (Å²) in [7, 11) is 3.04. The van der Waals surface area contributed by atoms with Gasteiger partial charge < -0.3 is 28.1 Å². The third kappa shape index (κ3) is 3.53. The van der Waals surface area contributed by atoms with E-state index in [4.69, 9.17) is 28.1 Å².